The highest BCUT2D eigenvalue weighted by Crippen LogP contribution is 2.46. The number of furan rings is 1. The monoisotopic (exact) mass is 417 g/mol. The number of fused-ring (bicyclic) bond motifs is 3. The molecule has 1 fully saturated rings. The molecule has 0 saturated heterocycles. The van der Waals surface area contributed by atoms with Gasteiger partial charge < -0.3 is 8.98 Å². The van der Waals surface area contributed by atoms with Crippen molar-refractivity contribution in [3.8, 4) is 0 Å². The molecule has 30 heavy (non-hydrogen) atoms. The number of aromatic nitrogens is 4. The maximum Gasteiger partial charge on any atom is 0.176 e. The van der Waals surface area contributed by atoms with Crippen molar-refractivity contribution in [2.45, 2.75) is 35.4 Å². The summed E-state index contributed by atoms with van der Waals surface area (Å²) >= 11 is 1.48. The van der Waals surface area contributed by atoms with Gasteiger partial charge in [-0.1, -0.05) is 12.1 Å². The number of aryl methyl sites for hydroxylation is 1. The maximum atomic E-state index is 12.8. The van der Waals surface area contributed by atoms with E-state index in [1.54, 1.807) is 6.20 Å². The fourth-order valence-electron chi connectivity index (χ4n) is 4.55. The number of hydrogen-bond acceptors (Lipinski definition) is 6. The van der Waals surface area contributed by atoms with Gasteiger partial charge in [-0.05, 0) is 48.9 Å². The number of rotatable bonds is 3. The van der Waals surface area contributed by atoms with Crippen molar-refractivity contribution < 1.29 is 9.21 Å². The van der Waals surface area contributed by atoms with E-state index in [0.717, 1.165) is 57.0 Å². The number of carbonyl (C=O) groups excluding carboxylic acids is 1. The molecule has 2 unspecified atom stereocenters. The Labute approximate surface area is 176 Å². The highest BCUT2D eigenvalue weighted by molar-refractivity contribution is 7.99. The first-order valence-electron chi connectivity index (χ1n) is 10.0. The summed E-state index contributed by atoms with van der Waals surface area (Å²) in [6, 6.07) is 12.0. The number of para-hydroxylation sites is 2. The van der Waals surface area contributed by atoms with E-state index in [9.17, 15) is 4.79 Å². The summed E-state index contributed by atoms with van der Waals surface area (Å²) in [7, 11) is 2.00. The molecular weight excluding hydrogens is 398 g/mol. The van der Waals surface area contributed by atoms with Crippen molar-refractivity contribution in [3.63, 3.8) is 0 Å². The average molecular weight is 417 g/mol. The summed E-state index contributed by atoms with van der Waals surface area (Å²) in [5, 5.41) is 8.75. The lowest BCUT2D eigenvalue weighted by molar-refractivity contribution is -0.122. The third kappa shape index (κ3) is 2.67. The van der Waals surface area contributed by atoms with Crippen LogP contribution in [0.1, 0.15) is 36.5 Å². The van der Waals surface area contributed by atoms with Gasteiger partial charge in [0, 0.05) is 24.7 Å². The van der Waals surface area contributed by atoms with E-state index >= 15 is 0 Å². The number of benzene rings is 1. The van der Waals surface area contributed by atoms with Gasteiger partial charge in [-0.15, -0.1) is 0 Å². The second-order valence-electron chi connectivity index (χ2n) is 7.75. The first-order chi connectivity index (χ1) is 14.7. The molecule has 7 nitrogen and oxygen atoms in total. The lowest BCUT2D eigenvalue weighted by Gasteiger charge is -2.32. The Hall–Kier alpha value is -3.13. The first-order valence-corrected chi connectivity index (χ1v) is 10.8. The van der Waals surface area contributed by atoms with E-state index in [1.165, 1.54) is 11.8 Å². The molecule has 8 heteroatoms. The topological polar surface area (TPSA) is 89.1 Å². The van der Waals surface area contributed by atoms with Crippen LogP contribution >= 0.6 is 11.8 Å². The summed E-state index contributed by atoms with van der Waals surface area (Å²) in [5.74, 6) is 1.30. The van der Waals surface area contributed by atoms with E-state index in [0.29, 0.717) is 6.42 Å². The van der Waals surface area contributed by atoms with Crippen LogP contribution < -0.4 is 0 Å². The molecule has 6 rings (SSSR count). The van der Waals surface area contributed by atoms with Crippen LogP contribution in [0.15, 0.2) is 62.3 Å². The molecule has 0 amide bonds. The Morgan fingerprint density at radius 3 is 2.97 bits per heavy atom. The molecule has 1 aliphatic carbocycles. The molecule has 3 aromatic heterocycles. The van der Waals surface area contributed by atoms with Crippen LogP contribution in [-0.2, 0) is 11.8 Å². The van der Waals surface area contributed by atoms with Crippen molar-refractivity contribution in [1.29, 1.82) is 0 Å². The van der Waals surface area contributed by atoms with Crippen LogP contribution in [0.25, 0.3) is 11.0 Å². The Morgan fingerprint density at radius 1 is 1.17 bits per heavy atom. The predicted molar refractivity (Wildman–Crippen MR) is 113 cm³/mol. The van der Waals surface area contributed by atoms with Crippen LogP contribution in [0.2, 0.25) is 0 Å². The van der Waals surface area contributed by atoms with E-state index < -0.39 is 0 Å². The lowest BCUT2D eigenvalue weighted by Crippen LogP contribution is -2.36. The van der Waals surface area contributed by atoms with Gasteiger partial charge >= 0.3 is 0 Å². The third-order valence-corrected chi connectivity index (χ3v) is 6.95. The quantitative estimate of drug-likeness (QED) is 0.525. The standard InChI is InChI=1S/C22H19N5O2S/c1-27-15-7-3-2-5-13(15)25-22(27)30-18-10-9-17(29-18)19-12-11-23-26-21(12)24-14-6-4-8-16(28)20(14)19/h2-3,5,7,9-11,19-20H,4,6,8H2,1H3,(H,23,26). The molecule has 2 atom stereocenters. The normalized spacial score (nSPS) is 20.8. The zero-order chi connectivity index (χ0) is 20.2. The fourth-order valence-corrected chi connectivity index (χ4v) is 5.39. The van der Waals surface area contributed by atoms with Crippen molar-refractivity contribution in [2.24, 2.45) is 18.0 Å². The van der Waals surface area contributed by atoms with Crippen LogP contribution in [0, 0.1) is 5.92 Å². The first kappa shape index (κ1) is 17.7. The SMILES string of the molecule is Cn1c(Sc2ccc(C3c4cn[nH]c4N=C4CCCC(=O)C43)o2)nc2ccccc21. The Balaban J connectivity index is 1.37. The molecule has 4 aromatic rings. The second kappa shape index (κ2) is 6.70. The number of imidazole rings is 1. The zero-order valence-electron chi connectivity index (χ0n) is 16.3. The van der Waals surface area contributed by atoms with Crippen molar-refractivity contribution >= 4 is 40.1 Å². The van der Waals surface area contributed by atoms with Crippen LogP contribution in [0.3, 0.4) is 0 Å². The number of ketones is 1. The van der Waals surface area contributed by atoms with Crippen molar-refractivity contribution in [3.05, 3.63) is 53.9 Å². The van der Waals surface area contributed by atoms with E-state index in [2.05, 4.69) is 25.8 Å². The van der Waals surface area contributed by atoms with Crippen LogP contribution in [-0.4, -0.2) is 31.2 Å². The van der Waals surface area contributed by atoms with Gasteiger partial charge in [-0.2, -0.15) is 5.10 Å². The number of H-pyrrole nitrogens is 1. The number of nitrogens with zero attached hydrogens (tertiary/aromatic N) is 4. The number of aromatic amines is 1. The lowest BCUT2D eigenvalue weighted by atomic mass is 9.72. The number of Topliss-reactive ketones (excluding diaryl/α,β-unsaturated/α-hetero) is 1. The van der Waals surface area contributed by atoms with E-state index in [4.69, 9.17) is 9.40 Å². The minimum Gasteiger partial charge on any atom is -0.454 e. The van der Waals surface area contributed by atoms with Gasteiger partial charge in [0.15, 0.2) is 16.1 Å². The summed E-state index contributed by atoms with van der Waals surface area (Å²) in [4.78, 5) is 22.2. The molecular formula is C22H19N5O2S. The molecule has 4 heterocycles. The van der Waals surface area contributed by atoms with Gasteiger partial charge in [0.25, 0.3) is 0 Å². The number of hydrogen-bond donors (Lipinski definition) is 1. The second-order valence-corrected chi connectivity index (χ2v) is 8.72. The Kier molecular flexibility index (Phi) is 3.95. The van der Waals surface area contributed by atoms with Crippen LogP contribution in [0.5, 0.6) is 0 Å². The molecule has 1 N–H and O–H groups in total. The highest BCUT2D eigenvalue weighted by atomic mass is 32.2. The van der Waals surface area contributed by atoms with Crippen molar-refractivity contribution in [1.82, 2.24) is 19.7 Å². The molecule has 1 saturated carbocycles. The third-order valence-electron chi connectivity index (χ3n) is 5.98. The average Bonchev–Trinajstić information content (AvgIpc) is 3.47. The van der Waals surface area contributed by atoms with Gasteiger partial charge in [0.05, 0.1) is 29.1 Å². The van der Waals surface area contributed by atoms with Crippen LogP contribution in [0.4, 0.5) is 5.82 Å². The summed E-state index contributed by atoms with van der Waals surface area (Å²) in [6.07, 6.45) is 4.06. The van der Waals surface area contributed by atoms with Gasteiger partial charge in [0.2, 0.25) is 0 Å². The maximum absolute atomic E-state index is 12.8. The number of aliphatic imine (C=N–C) groups is 1. The Morgan fingerprint density at radius 2 is 2.07 bits per heavy atom. The molecule has 0 spiro atoms. The largest absolute Gasteiger partial charge is 0.454 e. The fraction of sp³-hybridized carbons (Fsp3) is 0.273. The van der Waals surface area contributed by atoms with Gasteiger partial charge in [0.1, 0.15) is 11.5 Å². The molecule has 0 bridgehead atoms. The van der Waals surface area contributed by atoms with Gasteiger partial charge in [-0.3, -0.25) is 9.89 Å². The van der Waals surface area contributed by atoms with Gasteiger partial charge in [-0.25, -0.2) is 9.98 Å². The molecule has 0 radical (unpaired) electrons. The zero-order valence-corrected chi connectivity index (χ0v) is 17.1. The molecule has 2 aliphatic rings. The predicted octanol–water partition coefficient (Wildman–Crippen LogP) is 4.63. The molecule has 1 aromatic carbocycles. The minimum absolute atomic E-state index is 0.186. The number of carbonyl (C=O) groups is 1. The van der Waals surface area contributed by atoms with E-state index in [1.807, 2.05) is 37.4 Å². The smallest absolute Gasteiger partial charge is 0.176 e. The molecule has 150 valence electrons. The van der Waals surface area contributed by atoms with Crippen molar-refractivity contribution in [2.75, 3.05) is 0 Å². The highest BCUT2D eigenvalue weighted by Gasteiger charge is 2.42. The molecule has 1 aliphatic heterocycles. The number of nitrogens with one attached hydrogen (secondary N) is 1. The Bertz CT molecular complexity index is 1310. The summed E-state index contributed by atoms with van der Waals surface area (Å²) in [5.41, 5.74) is 3.90. The summed E-state index contributed by atoms with van der Waals surface area (Å²) < 4.78 is 8.32. The summed E-state index contributed by atoms with van der Waals surface area (Å²) in [6.45, 7) is 0. The minimum atomic E-state index is -0.261. The van der Waals surface area contributed by atoms with E-state index in [-0.39, 0.29) is 17.6 Å².